The Morgan fingerprint density at radius 2 is 2.00 bits per heavy atom. The molecular weight excluding hydrogens is 180 g/mol. The van der Waals surface area contributed by atoms with Crippen LogP contribution in [0.3, 0.4) is 0 Å². The van der Waals surface area contributed by atoms with Crippen LogP contribution in [-0.4, -0.2) is 18.4 Å². The van der Waals surface area contributed by atoms with Crippen molar-refractivity contribution < 1.29 is 14.3 Å². The van der Waals surface area contributed by atoms with Crippen molar-refractivity contribution in [2.24, 2.45) is 5.92 Å². The van der Waals surface area contributed by atoms with E-state index in [1.165, 1.54) is 0 Å². The Balaban J connectivity index is 3.92. The number of rotatable bonds is 4. The maximum absolute atomic E-state index is 10.9. The second-order valence-corrected chi connectivity index (χ2v) is 3.10. The predicted octanol–water partition coefficient (Wildman–Crippen LogP) is 1.33. The van der Waals surface area contributed by atoms with Crippen LogP contribution in [0.25, 0.3) is 0 Å². The SMILES string of the molecule is CC#CC(=O)C=CC(=O)OCC(C)C. The average molecular weight is 194 g/mol. The minimum absolute atomic E-state index is 0.290. The highest BCUT2D eigenvalue weighted by Crippen LogP contribution is 1.93. The topological polar surface area (TPSA) is 43.4 Å². The highest BCUT2D eigenvalue weighted by molar-refractivity contribution is 6.06. The minimum Gasteiger partial charge on any atom is -0.462 e. The summed E-state index contributed by atoms with van der Waals surface area (Å²) in [5.74, 6) is 4.11. The highest BCUT2D eigenvalue weighted by atomic mass is 16.5. The van der Waals surface area contributed by atoms with E-state index < -0.39 is 11.8 Å². The molecule has 0 fully saturated rings. The number of ketones is 1. The van der Waals surface area contributed by atoms with E-state index in [4.69, 9.17) is 4.74 Å². The molecule has 0 aliphatic heterocycles. The Hall–Kier alpha value is -1.56. The molecule has 0 rings (SSSR count). The lowest BCUT2D eigenvalue weighted by Crippen LogP contribution is -2.07. The van der Waals surface area contributed by atoms with Crippen LogP contribution in [0.4, 0.5) is 0 Å². The fourth-order valence-corrected chi connectivity index (χ4v) is 0.606. The number of carbonyl (C=O) groups is 2. The van der Waals surface area contributed by atoms with Crippen molar-refractivity contribution in [3.8, 4) is 11.8 Å². The molecule has 0 aromatic rings. The standard InChI is InChI=1S/C11H14O3/c1-4-5-10(12)6-7-11(13)14-8-9(2)3/h6-7,9H,8H2,1-3H3. The Morgan fingerprint density at radius 1 is 1.36 bits per heavy atom. The normalized spacial score (nSPS) is 9.71. The van der Waals surface area contributed by atoms with Gasteiger partial charge in [0.25, 0.3) is 0 Å². The lowest BCUT2D eigenvalue weighted by Gasteiger charge is -2.03. The van der Waals surface area contributed by atoms with Gasteiger partial charge in [-0.05, 0) is 18.8 Å². The van der Waals surface area contributed by atoms with Gasteiger partial charge in [0.05, 0.1) is 6.61 Å². The van der Waals surface area contributed by atoms with E-state index in [-0.39, 0.29) is 0 Å². The zero-order chi connectivity index (χ0) is 11.0. The van der Waals surface area contributed by atoms with Crippen molar-refractivity contribution >= 4 is 11.8 Å². The number of hydrogen-bond acceptors (Lipinski definition) is 3. The first-order chi connectivity index (χ1) is 6.56. The summed E-state index contributed by atoms with van der Waals surface area (Å²) in [6.07, 6.45) is 2.20. The molecule has 0 spiro atoms. The molecule has 0 atom stereocenters. The van der Waals surface area contributed by atoms with Crippen molar-refractivity contribution in [3.05, 3.63) is 12.2 Å². The van der Waals surface area contributed by atoms with E-state index in [1.807, 2.05) is 13.8 Å². The largest absolute Gasteiger partial charge is 0.462 e. The van der Waals surface area contributed by atoms with Crippen molar-refractivity contribution in [1.82, 2.24) is 0 Å². The van der Waals surface area contributed by atoms with E-state index in [0.29, 0.717) is 12.5 Å². The van der Waals surface area contributed by atoms with Gasteiger partial charge in [-0.15, -0.1) is 0 Å². The van der Waals surface area contributed by atoms with E-state index in [1.54, 1.807) is 6.92 Å². The summed E-state index contributed by atoms with van der Waals surface area (Å²) >= 11 is 0. The van der Waals surface area contributed by atoms with Crippen LogP contribution in [0, 0.1) is 17.8 Å². The quantitative estimate of drug-likeness (QED) is 0.293. The summed E-state index contributed by atoms with van der Waals surface area (Å²) in [5, 5.41) is 0. The molecule has 0 aliphatic carbocycles. The summed E-state index contributed by atoms with van der Waals surface area (Å²) in [6, 6.07) is 0. The van der Waals surface area contributed by atoms with E-state index >= 15 is 0 Å². The van der Waals surface area contributed by atoms with E-state index in [0.717, 1.165) is 12.2 Å². The van der Waals surface area contributed by atoms with Crippen molar-refractivity contribution in [1.29, 1.82) is 0 Å². The van der Waals surface area contributed by atoms with Crippen LogP contribution in [0.5, 0.6) is 0 Å². The molecule has 0 saturated heterocycles. The van der Waals surface area contributed by atoms with Crippen LogP contribution in [0.1, 0.15) is 20.8 Å². The molecule has 3 nitrogen and oxygen atoms in total. The monoisotopic (exact) mass is 194 g/mol. The summed E-state index contributed by atoms with van der Waals surface area (Å²) in [6.45, 7) is 5.79. The number of ether oxygens (including phenoxy) is 1. The molecule has 0 saturated carbocycles. The van der Waals surface area contributed by atoms with Gasteiger partial charge in [0.2, 0.25) is 5.78 Å². The van der Waals surface area contributed by atoms with Gasteiger partial charge in [0, 0.05) is 12.2 Å². The molecule has 3 heteroatoms. The second kappa shape index (κ2) is 6.90. The van der Waals surface area contributed by atoms with Crippen LogP contribution in [0.2, 0.25) is 0 Å². The minimum atomic E-state index is -0.509. The van der Waals surface area contributed by atoms with Gasteiger partial charge in [-0.2, -0.15) is 0 Å². The number of carbonyl (C=O) groups excluding carboxylic acids is 2. The molecule has 0 N–H and O–H groups in total. The first-order valence-corrected chi connectivity index (χ1v) is 4.37. The predicted molar refractivity (Wildman–Crippen MR) is 53.4 cm³/mol. The number of allylic oxidation sites excluding steroid dienone is 1. The van der Waals surface area contributed by atoms with Gasteiger partial charge in [-0.1, -0.05) is 19.8 Å². The van der Waals surface area contributed by atoms with Crippen LogP contribution in [0.15, 0.2) is 12.2 Å². The second-order valence-electron chi connectivity index (χ2n) is 3.10. The van der Waals surface area contributed by atoms with Gasteiger partial charge in [-0.25, -0.2) is 4.79 Å². The van der Waals surface area contributed by atoms with Gasteiger partial charge in [-0.3, -0.25) is 4.79 Å². The first kappa shape index (κ1) is 12.4. The number of esters is 1. The lowest BCUT2D eigenvalue weighted by atomic mass is 10.2. The van der Waals surface area contributed by atoms with Crippen molar-refractivity contribution in [2.75, 3.05) is 6.61 Å². The van der Waals surface area contributed by atoms with Crippen LogP contribution >= 0.6 is 0 Å². The molecule has 0 heterocycles. The third-order valence-corrected chi connectivity index (χ3v) is 1.18. The maximum Gasteiger partial charge on any atom is 0.330 e. The summed E-state index contributed by atoms with van der Waals surface area (Å²) < 4.78 is 4.81. The molecule has 0 unspecified atom stereocenters. The molecule has 0 radical (unpaired) electrons. The van der Waals surface area contributed by atoms with Gasteiger partial charge < -0.3 is 4.74 Å². The summed E-state index contributed by atoms with van der Waals surface area (Å²) in [7, 11) is 0. The molecule has 0 aromatic heterocycles. The fourth-order valence-electron chi connectivity index (χ4n) is 0.606. The van der Waals surface area contributed by atoms with Gasteiger partial charge in [0.1, 0.15) is 0 Å². The Labute approximate surface area is 84.1 Å². The lowest BCUT2D eigenvalue weighted by molar-refractivity contribution is -0.138. The first-order valence-electron chi connectivity index (χ1n) is 4.37. The highest BCUT2D eigenvalue weighted by Gasteiger charge is 1.99. The Bertz CT molecular complexity index is 289. The molecular formula is C11H14O3. The van der Waals surface area contributed by atoms with Crippen LogP contribution in [-0.2, 0) is 14.3 Å². The van der Waals surface area contributed by atoms with Crippen LogP contribution < -0.4 is 0 Å². The number of hydrogen-bond donors (Lipinski definition) is 0. The molecule has 0 amide bonds. The molecule has 0 aromatic carbocycles. The van der Waals surface area contributed by atoms with E-state index in [9.17, 15) is 9.59 Å². The fraction of sp³-hybridized carbons (Fsp3) is 0.455. The molecule has 0 aliphatic rings. The average Bonchev–Trinajstić information content (AvgIpc) is 2.12. The molecule has 14 heavy (non-hydrogen) atoms. The zero-order valence-electron chi connectivity index (χ0n) is 8.66. The van der Waals surface area contributed by atoms with Gasteiger partial charge in [0.15, 0.2) is 0 Å². The van der Waals surface area contributed by atoms with Crippen molar-refractivity contribution in [3.63, 3.8) is 0 Å². The maximum atomic E-state index is 10.9. The zero-order valence-corrected chi connectivity index (χ0v) is 8.66. The summed E-state index contributed by atoms with van der Waals surface area (Å²) in [5.41, 5.74) is 0. The van der Waals surface area contributed by atoms with E-state index in [2.05, 4.69) is 11.8 Å². The smallest absolute Gasteiger partial charge is 0.330 e. The third kappa shape index (κ3) is 7.11. The van der Waals surface area contributed by atoms with Gasteiger partial charge >= 0.3 is 5.97 Å². The molecule has 0 bridgehead atoms. The third-order valence-electron chi connectivity index (χ3n) is 1.18. The molecule has 76 valence electrons. The Kier molecular flexibility index (Phi) is 6.13. The summed E-state index contributed by atoms with van der Waals surface area (Å²) in [4.78, 5) is 21.8. The van der Waals surface area contributed by atoms with Crippen molar-refractivity contribution in [2.45, 2.75) is 20.8 Å². The Morgan fingerprint density at radius 3 is 2.50 bits per heavy atom.